The highest BCUT2D eigenvalue weighted by molar-refractivity contribution is 5.77. The first-order chi connectivity index (χ1) is 28.0. The molecule has 0 heterocycles. The molecule has 0 saturated heterocycles. The van der Waals surface area contributed by atoms with Gasteiger partial charge in [-0.25, -0.2) is 0 Å². The van der Waals surface area contributed by atoms with Gasteiger partial charge < -0.3 is 20.3 Å². The van der Waals surface area contributed by atoms with Gasteiger partial charge in [0.25, 0.3) is 0 Å². The van der Waals surface area contributed by atoms with Crippen LogP contribution in [0.15, 0.2) is 12.2 Å². The van der Waals surface area contributed by atoms with Crippen molar-refractivity contribution >= 4 is 11.9 Å². The fourth-order valence-electron chi connectivity index (χ4n) is 7.96. The Morgan fingerprint density at radius 1 is 0.491 bits per heavy atom. The summed E-state index contributed by atoms with van der Waals surface area (Å²) in [5.41, 5.74) is 0. The Morgan fingerprint density at radius 3 is 1.26 bits per heavy atom. The molecule has 0 aliphatic rings. The molecule has 3 unspecified atom stereocenters. The Kier molecular flexibility index (Phi) is 44.6. The van der Waals surface area contributed by atoms with Gasteiger partial charge in [0.05, 0.1) is 25.2 Å². The molecular formula is C51H99NO5. The molecule has 0 aromatic carbocycles. The Labute approximate surface area is 355 Å². The zero-order chi connectivity index (χ0) is 41.7. The van der Waals surface area contributed by atoms with Crippen LogP contribution in [-0.2, 0) is 14.3 Å². The highest BCUT2D eigenvalue weighted by atomic mass is 16.5. The summed E-state index contributed by atoms with van der Waals surface area (Å²) in [6.07, 6.45) is 49.8. The minimum atomic E-state index is -0.785. The number of ether oxygens (including phenoxy) is 1. The first-order valence-electron chi connectivity index (χ1n) is 25.4. The topological polar surface area (TPSA) is 95.9 Å². The number of hydrogen-bond donors (Lipinski definition) is 3. The molecule has 0 rings (SSSR count). The molecule has 3 atom stereocenters. The van der Waals surface area contributed by atoms with Crippen molar-refractivity contribution in [1.82, 2.24) is 5.32 Å². The number of rotatable bonds is 46. The Bertz CT molecular complexity index is 863. The molecular weight excluding hydrogens is 707 g/mol. The van der Waals surface area contributed by atoms with E-state index in [1.807, 2.05) is 0 Å². The van der Waals surface area contributed by atoms with Crippen LogP contribution < -0.4 is 5.32 Å². The van der Waals surface area contributed by atoms with Crippen molar-refractivity contribution in [3.63, 3.8) is 0 Å². The monoisotopic (exact) mass is 806 g/mol. The molecule has 0 aromatic rings. The number of carbonyl (C=O) groups is 2. The third-order valence-corrected chi connectivity index (χ3v) is 11.8. The predicted octanol–water partition coefficient (Wildman–Crippen LogP) is 15.0. The van der Waals surface area contributed by atoms with Crippen LogP contribution in [-0.4, -0.2) is 46.9 Å². The van der Waals surface area contributed by atoms with Crippen molar-refractivity contribution in [3.8, 4) is 0 Å². The maximum Gasteiger partial charge on any atom is 0.306 e. The summed E-state index contributed by atoms with van der Waals surface area (Å²) in [6.45, 7) is 6.48. The first-order valence-corrected chi connectivity index (χ1v) is 25.4. The normalized spacial score (nSPS) is 13.3. The highest BCUT2D eigenvalue weighted by Crippen LogP contribution is 2.18. The zero-order valence-corrected chi connectivity index (χ0v) is 38.5. The van der Waals surface area contributed by atoms with E-state index in [4.69, 9.17) is 4.74 Å². The second-order valence-corrected chi connectivity index (χ2v) is 17.6. The lowest BCUT2D eigenvalue weighted by Gasteiger charge is -2.24. The van der Waals surface area contributed by atoms with Gasteiger partial charge in [-0.15, -0.1) is 0 Å². The number of esters is 1. The average molecular weight is 806 g/mol. The lowest BCUT2D eigenvalue weighted by molar-refractivity contribution is -0.151. The maximum atomic E-state index is 13.2. The molecule has 0 aliphatic carbocycles. The van der Waals surface area contributed by atoms with E-state index in [9.17, 15) is 19.8 Å². The van der Waals surface area contributed by atoms with Crippen LogP contribution in [0.3, 0.4) is 0 Å². The average Bonchev–Trinajstić information content (AvgIpc) is 3.20. The largest absolute Gasteiger partial charge is 0.462 e. The van der Waals surface area contributed by atoms with E-state index in [1.54, 1.807) is 0 Å². The number of nitrogens with one attached hydrogen (secondary N) is 1. The zero-order valence-electron chi connectivity index (χ0n) is 38.5. The Balaban J connectivity index is 4.53. The van der Waals surface area contributed by atoms with Crippen molar-refractivity contribution in [3.05, 3.63) is 12.2 Å². The maximum absolute atomic E-state index is 13.2. The summed E-state index contributed by atoms with van der Waals surface area (Å²) in [5, 5.41) is 23.7. The Morgan fingerprint density at radius 2 is 0.842 bits per heavy atom. The van der Waals surface area contributed by atoms with E-state index in [-0.39, 0.29) is 24.9 Å². The van der Waals surface area contributed by atoms with Crippen LogP contribution in [0.5, 0.6) is 0 Å². The van der Waals surface area contributed by atoms with Gasteiger partial charge in [0, 0.05) is 6.42 Å². The fourth-order valence-corrected chi connectivity index (χ4v) is 7.96. The lowest BCUT2D eigenvalue weighted by Crippen LogP contribution is -2.46. The Hall–Kier alpha value is -1.40. The van der Waals surface area contributed by atoms with Gasteiger partial charge >= 0.3 is 5.97 Å². The van der Waals surface area contributed by atoms with Gasteiger partial charge in [0.15, 0.2) is 0 Å². The van der Waals surface area contributed by atoms with Crippen molar-refractivity contribution in [2.24, 2.45) is 0 Å². The number of hydrogen-bond acceptors (Lipinski definition) is 5. The minimum Gasteiger partial charge on any atom is -0.462 e. The number of amides is 1. The summed E-state index contributed by atoms with van der Waals surface area (Å²) >= 11 is 0. The lowest BCUT2D eigenvalue weighted by atomic mass is 10.0. The number of allylic oxidation sites excluding steroid dienone is 2. The van der Waals surface area contributed by atoms with Crippen LogP contribution in [0.4, 0.5) is 0 Å². The van der Waals surface area contributed by atoms with E-state index in [0.717, 1.165) is 57.8 Å². The van der Waals surface area contributed by atoms with Crippen LogP contribution in [0.1, 0.15) is 278 Å². The molecule has 6 nitrogen and oxygen atoms in total. The van der Waals surface area contributed by atoms with E-state index >= 15 is 0 Å². The van der Waals surface area contributed by atoms with E-state index in [0.29, 0.717) is 19.3 Å². The third-order valence-electron chi connectivity index (χ3n) is 11.8. The van der Waals surface area contributed by atoms with Gasteiger partial charge in [-0.3, -0.25) is 9.59 Å². The molecule has 0 saturated carbocycles. The molecule has 0 spiro atoms. The number of aliphatic hydroxyl groups excluding tert-OH is 2. The van der Waals surface area contributed by atoms with Crippen molar-refractivity contribution in [2.75, 3.05) is 6.61 Å². The first kappa shape index (κ1) is 55.6. The standard InChI is InChI=1S/C51H99NO5/c1-4-7-10-13-16-19-22-24-26-28-30-33-36-39-42-47(57-51(56)44-41-38-35-32-21-18-15-12-9-6-3)45-50(55)52-48(46-53)49(54)43-40-37-34-31-29-27-25-23-20-17-14-11-8-5-2/h26,28,47-49,53-54H,4-25,27,29-46H2,1-3H3,(H,52,55)/b28-26+. The predicted molar refractivity (Wildman–Crippen MR) is 246 cm³/mol. The number of unbranched alkanes of at least 4 members (excludes halogenated alkanes) is 32. The van der Waals surface area contributed by atoms with Crippen LogP contribution in [0.2, 0.25) is 0 Å². The van der Waals surface area contributed by atoms with Crippen molar-refractivity contribution in [1.29, 1.82) is 0 Å². The van der Waals surface area contributed by atoms with Gasteiger partial charge in [-0.2, -0.15) is 0 Å². The second-order valence-electron chi connectivity index (χ2n) is 17.6. The molecule has 57 heavy (non-hydrogen) atoms. The van der Waals surface area contributed by atoms with Gasteiger partial charge in [0.2, 0.25) is 5.91 Å². The van der Waals surface area contributed by atoms with Crippen LogP contribution in [0.25, 0.3) is 0 Å². The summed E-state index contributed by atoms with van der Waals surface area (Å²) < 4.78 is 5.91. The summed E-state index contributed by atoms with van der Waals surface area (Å²) in [6, 6.07) is -0.699. The molecule has 0 bridgehead atoms. The van der Waals surface area contributed by atoms with Gasteiger partial charge in [-0.1, -0.05) is 226 Å². The number of carbonyl (C=O) groups excluding carboxylic acids is 2. The highest BCUT2D eigenvalue weighted by Gasteiger charge is 2.24. The smallest absolute Gasteiger partial charge is 0.306 e. The second kappa shape index (κ2) is 45.7. The molecule has 0 aromatic heterocycles. The summed E-state index contributed by atoms with van der Waals surface area (Å²) in [4.78, 5) is 26.0. The molecule has 0 fully saturated rings. The van der Waals surface area contributed by atoms with Crippen LogP contribution in [0, 0.1) is 0 Å². The third kappa shape index (κ3) is 41.1. The fraction of sp³-hybridized carbons (Fsp3) is 0.922. The molecule has 1 amide bonds. The minimum absolute atomic E-state index is 0.0736. The van der Waals surface area contributed by atoms with Gasteiger partial charge in [-0.05, 0) is 51.4 Å². The van der Waals surface area contributed by atoms with Gasteiger partial charge in [0.1, 0.15) is 6.10 Å². The molecule has 0 aliphatic heterocycles. The summed E-state index contributed by atoms with van der Waals surface area (Å²) in [5.74, 6) is -0.476. The number of aliphatic hydroxyl groups is 2. The van der Waals surface area contributed by atoms with Crippen LogP contribution >= 0.6 is 0 Å². The van der Waals surface area contributed by atoms with E-state index in [2.05, 4.69) is 38.2 Å². The molecule has 6 heteroatoms. The van der Waals surface area contributed by atoms with Crippen molar-refractivity contribution < 1.29 is 24.5 Å². The molecule has 0 radical (unpaired) electrons. The van der Waals surface area contributed by atoms with E-state index < -0.39 is 18.2 Å². The molecule has 338 valence electrons. The quantitative estimate of drug-likeness (QED) is 0.0323. The van der Waals surface area contributed by atoms with E-state index in [1.165, 1.54) is 173 Å². The molecule has 3 N–H and O–H groups in total. The SMILES string of the molecule is CCCCCCCCC/C=C/CCCCCC(CC(=O)NC(CO)C(O)CCCCCCCCCCCCCCCC)OC(=O)CCCCCCCCCCCC. The summed E-state index contributed by atoms with van der Waals surface area (Å²) in [7, 11) is 0. The van der Waals surface area contributed by atoms with Crippen molar-refractivity contribution in [2.45, 2.75) is 296 Å².